The van der Waals surface area contributed by atoms with Crippen molar-refractivity contribution in [2.45, 2.75) is 20.0 Å². The van der Waals surface area contributed by atoms with E-state index in [0.29, 0.717) is 0 Å². The minimum absolute atomic E-state index is 0. The van der Waals surface area contributed by atoms with Crippen LogP contribution in [0.15, 0.2) is 0 Å². The van der Waals surface area contributed by atoms with Crippen molar-refractivity contribution >= 4 is 23.1 Å². The van der Waals surface area contributed by atoms with Gasteiger partial charge in [-0.3, -0.25) is 0 Å². The van der Waals surface area contributed by atoms with Crippen LogP contribution < -0.4 is 10.2 Å². The van der Waals surface area contributed by atoms with Gasteiger partial charge in [0.25, 0.3) is 0 Å². The fourth-order valence-electron chi connectivity index (χ4n) is 0. The summed E-state index contributed by atoms with van der Waals surface area (Å²) in [5.41, 5.74) is 0. The zero-order valence-electron chi connectivity index (χ0n) is 5.10. The van der Waals surface area contributed by atoms with Crippen LogP contribution in [0.25, 0.3) is 0 Å². The maximum Gasteiger partial charge on any atom is 2.00 e. The van der Waals surface area contributed by atoms with Gasteiger partial charge in [-0.15, -0.1) is 6.10 Å². The fourth-order valence-corrected chi connectivity index (χ4v) is 0. The monoisotopic (exact) mass is 114 g/mol. The summed E-state index contributed by atoms with van der Waals surface area (Å²) in [6, 6.07) is 0. The first-order chi connectivity index (χ1) is 2.73. The van der Waals surface area contributed by atoms with Crippen molar-refractivity contribution in [2.24, 2.45) is 0 Å². The Labute approximate surface area is 60.7 Å². The number of hydrogen-bond acceptors (Lipinski definition) is 2. The quantitative estimate of drug-likeness (QED) is 0.354. The molecule has 0 radical (unpaired) electrons. The first-order valence-corrected chi connectivity index (χ1v) is 1.80. The first-order valence-electron chi connectivity index (χ1n) is 1.80. The van der Waals surface area contributed by atoms with Crippen LogP contribution in [0, 0.1) is 0 Å². The molecule has 0 spiro atoms. The number of rotatable bonds is 0. The van der Waals surface area contributed by atoms with E-state index in [2.05, 4.69) is 0 Å². The Bertz CT molecular complexity index is 14.4. The van der Waals surface area contributed by atoms with Crippen molar-refractivity contribution in [3.05, 3.63) is 0 Å². The molecule has 3 heteroatoms. The fraction of sp³-hybridized carbons (Fsp3) is 1.00. The van der Waals surface area contributed by atoms with Gasteiger partial charge in [-0.2, -0.15) is 7.11 Å². The molecular weight excluding hydrogens is 104 g/mol. The molecule has 0 N–H and O–H groups in total. The minimum Gasteiger partial charge on any atom is -0.857 e. The molecular formula is C4H10MgO2. The van der Waals surface area contributed by atoms with Crippen molar-refractivity contribution in [1.82, 2.24) is 0 Å². The van der Waals surface area contributed by atoms with Crippen molar-refractivity contribution < 1.29 is 10.2 Å². The van der Waals surface area contributed by atoms with Gasteiger partial charge in [-0.1, -0.05) is 13.8 Å². The third-order valence-electron chi connectivity index (χ3n) is 0. The Balaban J connectivity index is -0.0000000480. The normalized spacial score (nSPS) is 6.00. The van der Waals surface area contributed by atoms with Crippen LogP contribution in [0.3, 0.4) is 0 Å². The Morgan fingerprint density at radius 2 is 1.14 bits per heavy atom. The van der Waals surface area contributed by atoms with Crippen molar-refractivity contribution in [3.8, 4) is 0 Å². The second kappa shape index (κ2) is 15.9. The molecule has 0 bridgehead atoms. The molecule has 0 unspecified atom stereocenters. The van der Waals surface area contributed by atoms with Crippen molar-refractivity contribution in [2.75, 3.05) is 7.11 Å². The van der Waals surface area contributed by atoms with E-state index in [-0.39, 0.29) is 23.1 Å². The van der Waals surface area contributed by atoms with E-state index in [4.69, 9.17) is 5.11 Å². The van der Waals surface area contributed by atoms with Crippen LogP contribution in [0.4, 0.5) is 0 Å². The molecule has 0 amide bonds. The summed E-state index contributed by atoms with van der Waals surface area (Å²) in [5, 5.41) is 17.8. The van der Waals surface area contributed by atoms with Crippen molar-refractivity contribution in [1.29, 1.82) is 0 Å². The predicted molar refractivity (Wildman–Crippen MR) is 26.8 cm³/mol. The third kappa shape index (κ3) is 312. The van der Waals surface area contributed by atoms with Gasteiger partial charge in [-0.05, 0) is 0 Å². The average molecular weight is 114 g/mol. The molecule has 7 heavy (non-hydrogen) atoms. The molecule has 0 fully saturated rings. The molecule has 0 aromatic heterocycles. The Kier molecular flexibility index (Phi) is 35.6. The van der Waals surface area contributed by atoms with E-state index in [1.54, 1.807) is 13.8 Å². The summed E-state index contributed by atoms with van der Waals surface area (Å²) in [5.74, 6) is 0. The molecule has 2 nitrogen and oxygen atoms in total. The molecule has 0 aliphatic heterocycles. The maximum atomic E-state index is 9.53. The SMILES string of the molecule is CC(C)[O-].C[O-].[Mg+2]. The van der Waals surface area contributed by atoms with Crippen LogP contribution in [-0.4, -0.2) is 36.3 Å². The molecule has 0 aromatic rings. The summed E-state index contributed by atoms with van der Waals surface area (Å²) >= 11 is 0. The standard InChI is InChI=1S/C3H7O.CH3O.Mg/c1-3(2)4;1-2;/h3H,1-2H3;1H3;/q2*-1;+2. The van der Waals surface area contributed by atoms with Gasteiger partial charge in [0.15, 0.2) is 0 Å². The van der Waals surface area contributed by atoms with E-state index in [1.165, 1.54) is 0 Å². The zero-order valence-corrected chi connectivity index (χ0v) is 6.52. The molecule has 0 aliphatic carbocycles. The molecule has 0 aromatic carbocycles. The van der Waals surface area contributed by atoms with Gasteiger partial charge in [0.1, 0.15) is 0 Å². The van der Waals surface area contributed by atoms with Crippen LogP contribution in [0.5, 0.6) is 0 Å². The van der Waals surface area contributed by atoms with Crippen LogP contribution in [0.2, 0.25) is 0 Å². The Hall–Kier alpha value is 0.686. The number of hydrogen-bond donors (Lipinski definition) is 0. The zero-order chi connectivity index (χ0) is 5.58. The van der Waals surface area contributed by atoms with Gasteiger partial charge in [0.05, 0.1) is 0 Å². The largest absolute Gasteiger partial charge is 2.00 e. The summed E-state index contributed by atoms with van der Waals surface area (Å²) in [7, 11) is 0.750. The summed E-state index contributed by atoms with van der Waals surface area (Å²) in [6.45, 7) is 3.22. The van der Waals surface area contributed by atoms with Gasteiger partial charge >= 0.3 is 23.1 Å². The average Bonchev–Trinajstić information content (AvgIpc) is 1.41. The summed E-state index contributed by atoms with van der Waals surface area (Å²) < 4.78 is 0. The van der Waals surface area contributed by atoms with Gasteiger partial charge in [0.2, 0.25) is 0 Å². The third-order valence-corrected chi connectivity index (χ3v) is 0. The molecule has 0 heterocycles. The molecule has 0 atom stereocenters. The van der Waals surface area contributed by atoms with Gasteiger partial charge < -0.3 is 10.2 Å². The van der Waals surface area contributed by atoms with E-state index >= 15 is 0 Å². The Morgan fingerprint density at radius 1 is 1.14 bits per heavy atom. The van der Waals surface area contributed by atoms with E-state index in [1.807, 2.05) is 0 Å². The predicted octanol–water partition coefficient (Wildman–Crippen LogP) is -1.65. The van der Waals surface area contributed by atoms with Crippen LogP contribution in [0.1, 0.15) is 13.8 Å². The van der Waals surface area contributed by atoms with Crippen LogP contribution >= 0.6 is 0 Å². The minimum atomic E-state index is -0.417. The maximum absolute atomic E-state index is 9.53. The summed E-state index contributed by atoms with van der Waals surface area (Å²) in [4.78, 5) is 0. The van der Waals surface area contributed by atoms with E-state index in [9.17, 15) is 5.11 Å². The van der Waals surface area contributed by atoms with E-state index < -0.39 is 6.10 Å². The summed E-state index contributed by atoms with van der Waals surface area (Å²) in [6.07, 6.45) is -0.417. The molecule has 40 valence electrons. The molecule has 0 saturated heterocycles. The Morgan fingerprint density at radius 3 is 1.14 bits per heavy atom. The van der Waals surface area contributed by atoms with Gasteiger partial charge in [-0.25, -0.2) is 0 Å². The van der Waals surface area contributed by atoms with Crippen molar-refractivity contribution in [3.63, 3.8) is 0 Å². The molecule has 0 saturated carbocycles. The second-order valence-corrected chi connectivity index (χ2v) is 1.05. The molecule has 0 aliphatic rings. The second-order valence-electron chi connectivity index (χ2n) is 1.05. The smallest absolute Gasteiger partial charge is 0.857 e. The molecule has 0 rings (SSSR count). The van der Waals surface area contributed by atoms with Crippen LogP contribution in [-0.2, 0) is 0 Å². The first kappa shape index (κ1) is 15.6. The topological polar surface area (TPSA) is 46.1 Å². The van der Waals surface area contributed by atoms with E-state index in [0.717, 1.165) is 7.11 Å². The van der Waals surface area contributed by atoms with Gasteiger partial charge in [0, 0.05) is 0 Å².